The van der Waals surface area contributed by atoms with Crippen LogP contribution in [-0.4, -0.2) is 34.9 Å². The molecule has 0 aromatic heterocycles. The summed E-state index contributed by atoms with van der Waals surface area (Å²) in [5.41, 5.74) is 3.03. The van der Waals surface area contributed by atoms with E-state index in [1.807, 2.05) is 77.7 Å². The molecule has 1 aliphatic heterocycles. The number of hydrogen-bond donors (Lipinski definition) is 1. The molecular formula is C25H24ClNO4S. The molecule has 0 radical (unpaired) electrons. The molecule has 4 rings (SSSR count). The van der Waals surface area contributed by atoms with Gasteiger partial charge in [0.15, 0.2) is 11.5 Å². The number of thioether (sulfide) groups is 1. The number of carboxylic acid groups (broad SMARTS) is 1. The highest BCUT2D eigenvalue weighted by Crippen LogP contribution is 2.43. The van der Waals surface area contributed by atoms with Crippen molar-refractivity contribution >= 4 is 29.3 Å². The molecule has 2 unspecified atom stereocenters. The van der Waals surface area contributed by atoms with Gasteiger partial charge in [0, 0.05) is 17.3 Å². The fourth-order valence-electron chi connectivity index (χ4n) is 3.77. The lowest BCUT2D eigenvalue weighted by atomic mass is 10.1. The molecule has 1 saturated heterocycles. The van der Waals surface area contributed by atoms with Crippen LogP contribution in [0.2, 0.25) is 5.02 Å². The van der Waals surface area contributed by atoms with Gasteiger partial charge in [0.05, 0.1) is 12.5 Å². The lowest BCUT2D eigenvalue weighted by Gasteiger charge is -2.28. The Bertz CT molecular complexity index is 1080. The predicted molar refractivity (Wildman–Crippen MR) is 127 cm³/mol. The fraction of sp³-hybridized carbons (Fsp3) is 0.240. The van der Waals surface area contributed by atoms with Gasteiger partial charge >= 0.3 is 5.97 Å². The van der Waals surface area contributed by atoms with Crippen LogP contribution in [0.5, 0.6) is 11.5 Å². The molecular weight excluding hydrogens is 446 g/mol. The fourth-order valence-corrected chi connectivity index (χ4v) is 5.42. The van der Waals surface area contributed by atoms with Gasteiger partial charge in [-0.3, -0.25) is 9.69 Å². The van der Waals surface area contributed by atoms with Gasteiger partial charge in [-0.15, -0.1) is 11.8 Å². The molecule has 0 amide bonds. The monoisotopic (exact) mass is 469 g/mol. The highest BCUT2D eigenvalue weighted by atomic mass is 35.5. The Hall–Kier alpha value is -2.67. The normalized spacial score (nSPS) is 18.4. The van der Waals surface area contributed by atoms with Crippen LogP contribution in [-0.2, 0) is 17.9 Å². The Labute approximate surface area is 196 Å². The lowest BCUT2D eigenvalue weighted by Crippen LogP contribution is -2.38. The number of halogens is 1. The number of carbonyl (C=O) groups is 1. The van der Waals surface area contributed by atoms with Crippen LogP contribution in [0.3, 0.4) is 0 Å². The van der Waals surface area contributed by atoms with E-state index in [1.165, 1.54) is 0 Å². The minimum absolute atomic E-state index is 0.0881. The summed E-state index contributed by atoms with van der Waals surface area (Å²) in [6.45, 7) is 0.910. The third kappa shape index (κ3) is 5.21. The Kier molecular flexibility index (Phi) is 7.25. The van der Waals surface area contributed by atoms with Gasteiger partial charge in [-0.2, -0.15) is 0 Å². The third-order valence-electron chi connectivity index (χ3n) is 5.36. The molecule has 5 nitrogen and oxygen atoms in total. The van der Waals surface area contributed by atoms with Gasteiger partial charge < -0.3 is 14.6 Å². The first-order valence-corrected chi connectivity index (χ1v) is 11.7. The summed E-state index contributed by atoms with van der Waals surface area (Å²) in [5, 5.41) is 10.3. The SMILES string of the molecule is COc1cc(CN2C(C(=O)O)CSC2c2cccc(Cl)c2)ccc1OCc1ccccc1. The molecule has 1 aliphatic rings. The van der Waals surface area contributed by atoms with E-state index in [0.717, 1.165) is 16.7 Å². The van der Waals surface area contributed by atoms with Crippen molar-refractivity contribution in [3.05, 3.63) is 94.5 Å². The number of methoxy groups -OCH3 is 1. The maximum Gasteiger partial charge on any atom is 0.321 e. The van der Waals surface area contributed by atoms with E-state index in [9.17, 15) is 9.90 Å². The first-order chi connectivity index (χ1) is 15.5. The molecule has 3 aromatic carbocycles. The molecule has 2 atom stereocenters. The Morgan fingerprint density at radius 1 is 1.06 bits per heavy atom. The molecule has 3 aromatic rings. The van der Waals surface area contributed by atoms with Crippen LogP contribution in [0.1, 0.15) is 22.1 Å². The molecule has 1 heterocycles. The largest absolute Gasteiger partial charge is 0.493 e. The van der Waals surface area contributed by atoms with Crippen molar-refractivity contribution in [1.29, 1.82) is 0 Å². The second kappa shape index (κ2) is 10.3. The summed E-state index contributed by atoms with van der Waals surface area (Å²) < 4.78 is 11.5. The minimum atomic E-state index is -0.822. The topological polar surface area (TPSA) is 59.0 Å². The lowest BCUT2D eigenvalue weighted by molar-refractivity contribution is -0.142. The third-order valence-corrected chi connectivity index (χ3v) is 6.96. The highest BCUT2D eigenvalue weighted by Gasteiger charge is 2.39. The van der Waals surface area contributed by atoms with Crippen molar-refractivity contribution in [2.45, 2.75) is 24.6 Å². The standard InChI is InChI=1S/C25H24ClNO4S/c1-30-23-12-18(10-11-22(23)31-15-17-6-3-2-4-7-17)14-27-21(25(28)29)16-32-24(27)19-8-5-9-20(26)13-19/h2-13,21,24H,14-16H2,1H3,(H,28,29). The predicted octanol–water partition coefficient (Wildman–Crippen LogP) is 5.63. The van der Waals surface area contributed by atoms with E-state index in [1.54, 1.807) is 18.9 Å². The average Bonchev–Trinajstić information content (AvgIpc) is 3.22. The molecule has 0 saturated carbocycles. The second-order valence-corrected chi connectivity index (χ2v) is 9.08. The number of ether oxygens (including phenoxy) is 2. The van der Waals surface area contributed by atoms with Crippen LogP contribution in [0.25, 0.3) is 0 Å². The maximum absolute atomic E-state index is 11.9. The zero-order chi connectivity index (χ0) is 22.5. The van der Waals surface area contributed by atoms with E-state index < -0.39 is 12.0 Å². The van der Waals surface area contributed by atoms with Gasteiger partial charge in [-0.1, -0.05) is 60.1 Å². The summed E-state index contributed by atoms with van der Waals surface area (Å²) in [4.78, 5) is 13.9. The zero-order valence-corrected chi connectivity index (χ0v) is 19.2. The molecule has 7 heteroatoms. The summed E-state index contributed by atoms with van der Waals surface area (Å²) in [6.07, 6.45) is 0. The first kappa shape index (κ1) is 22.5. The molecule has 0 spiro atoms. The van der Waals surface area contributed by atoms with Gasteiger partial charge in [0.1, 0.15) is 12.6 Å². The van der Waals surface area contributed by atoms with E-state index in [4.69, 9.17) is 21.1 Å². The summed E-state index contributed by atoms with van der Waals surface area (Å²) in [5.74, 6) is 0.965. The molecule has 0 bridgehead atoms. The summed E-state index contributed by atoms with van der Waals surface area (Å²) in [6, 6.07) is 22.7. The van der Waals surface area contributed by atoms with E-state index in [-0.39, 0.29) is 5.37 Å². The van der Waals surface area contributed by atoms with Crippen molar-refractivity contribution in [3.8, 4) is 11.5 Å². The molecule has 1 N–H and O–H groups in total. The van der Waals surface area contributed by atoms with Crippen molar-refractivity contribution in [3.63, 3.8) is 0 Å². The Morgan fingerprint density at radius 3 is 2.59 bits per heavy atom. The van der Waals surface area contributed by atoms with Gasteiger partial charge in [0.2, 0.25) is 0 Å². The van der Waals surface area contributed by atoms with Gasteiger partial charge in [-0.05, 0) is 41.0 Å². The quantitative estimate of drug-likeness (QED) is 0.461. The van der Waals surface area contributed by atoms with Crippen molar-refractivity contribution in [2.24, 2.45) is 0 Å². The van der Waals surface area contributed by atoms with E-state index in [2.05, 4.69) is 0 Å². The summed E-state index contributed by atoms with van der Waals surface area (Å²) >= 11 is 7.80. The second-order valence-electron chi connectivity index (χ2n) is 7.53. The maximum atomic E-state index is 11.9. The Balaban J connectivity index is 1.54. The van der Waals surface area contributed by atoms with Crippen LogP contribution in [0, 0.1) is 0 Å². The number of aliphatic carboxylic acids is 1. The number of carboxylic acids is 1. The highest BCUT2D eigenvalue weighted by molar-refractivity contribution is 7.99. The molecule has 32 heavy (non-hydrogen) atoms. The van der Waals surface area contributed by atoms with Crippen molar-refractivity contribution in [1.82, 2.24) is 4.90 Å². The van der Waals surface area contributed by atoms with Gasteiger partial charge in [-0.25, -0.2) is 0 Å². The summed E-state index contributed by atoms with van der Waals surface area (Å²) in [7, 11) is 1.61. The van der Waals surface area contributed by atoms with Crippen LogP contribution >= 0.6 is 23.4 Å². The minimum Gasteiger partial charge on any atom is -0.493 e. The van der Waals surface area contributed by atoms with Crippen LogP contribution in [0.15, 0.2) is 72.8 Å². The average molecular weight is 470 g/mol. The number of hydrogen-bond acceptors (Lipinski definition) is 5. The number of benzene rings is 3. The van der Waals surface area contributed by atoms with Crippen molar-refractivity contribution in [2.75, 3.05) is 12.9 Å². The molecule has 0 aliphatic carbocycles. The van der Waals surface area contributed by atoms with Gasteiger partial charge in [0.25, 0.3) is 0 Å². The van der Waals surface area contributed by atoms with Crippen LogP contribution < -0.4 is 9.47 Å². The Morgan fingerprint density at radius 2 is 1.88 bits per heavy atom. The van der Waals surface area contributed by atoms with Crippen molar-refractivity contribution < 1.29 is 19.4 Å². The first-order valence-electron chi connectivity index (χ1n) is 10.2. The van der Waals surface area contributed by atoms with Crippen LogP contribution in [0.4, 0.5) is 0 Å². The number of rotatable bonds is 8. The molecule has 166 valence electrons. The smallest absolute Gasteiger partial charge is 0.321 e. The number of nitrogens with zero attached hydrogens (tertiary/aromatic N) is 1. The zero-order valence-electron chi connectivity index (χ0n) is 17.6. The van der Waals surface area contributed by atoms with E-state index in [0.29, 0.717) is 35.4 Å². The van der Waals surface area contributed by atoms with E-state index >= 15 is 0 Å². The molecule has 1 fully saturated rings.